The number of nitrogens with one attached hydrogen (secondary N) is 1. The van der Waals surface area contributed by atoms with Gasteiger partial charge in [-0.25, -0.2) is 17.5 Å². The molecule has 0 aliphatic rings. The van der Waals surface area contributed by atoms with E-state index in [0.717, 1.165) is 9.87 Å². The zero-order chi connectivity index (χ0) is 21.8. The van der Waals surface area contributed by atoms with Crippen LogP contribution in [0, 0.1) is 6.92 Å². The third-order valence-electron chi connectivity index (χ3n) is 4.20. The summed E-state index contributed by atoms with van der Waals surface area (Å²) in [4.78, 5) is 26.3. The van der Waals surface area contributed by atoms with Gasteiger partial charge in [-0.1, -0.05) is 18.2 Å². The van der Waals surface area contributed by atoms with Gasteiger partial charge in [0.1, 0.15) is 0 Å². The average Bonchev–Trinajstić information content (AvgIpc) is 2.66. The molecule has 1 N–H and O–H groups in total. The molecule has 9 heteroatoms. The summed E-state index contributed by atoms with van der Waals surface area (Å²) >= 11 is 0. The van der Waals surface area contributed by atoms with Crippen LogP contribution < -0.4 is 10.2 Å². The van der Waals surface area contributed by atoms with Crippen LogP contribution in [0.2, 0.25) is 0 Å². The lowest BCUT2D eigenvalue weighted by molar-refractivity contribution is -0.119. The first-order valence-electron chi connectivity index (χ1n) is 8.80. The van der Waals surface area contributed by atoms with E-state index in [1.54, 1.807) is 56.3 Å². The van der Waals surface area contributed by atoms with Gasteiger partial charge in [-0.15, -0.1) is 0 Å². The van der Waals surface area contributed by atoms with Crippen LogP contribution in [0.15, 0.2) is 47.4 Å². The fourth-order valence-corrected chi connectivity index (χ4v) is 3.50. The van der Waals surface area contributed by atoms with Crippen LogP contribution in [0.5, 0.6) is 0 Å². The molecule has 1 amide bonds. The second kappa shape index (κ2) is 9.06. The lowest BCUT2D eigenvalue weighted by Crippen LogP contribution is -2.24. The third kappa shape index (κ3) is 5.33. The number of hydrogen-bond donors (Lipinski definition) is 1. The highest BCUT2D eigenvalue weighted by Gasteiger charge is 2.20. The molecular weight excluding hydrogens is 394 g/mol. The molecule has 0 fully saturated rings. The number of anilines is 2. The van der Waals surface area contributed by atoms with Crippen molar-refractivity contribution in [2.45, 2.75) is 11.8 Å². The number of esters is 1. The number of nitrogens with zero attached hydrogens (tertiary/aromatic N) is 2. The topological polar surface area (TPSA) is 96.0 Å². The molecule has 0 saturated heterocycles. The monoisotopic (exact) mass is 419 g/mol. The molecule has 0 bridgehead atoms. The first-order valence-corrected chi connectivity index (χ1v) is 10.2. The highest BCUT2D eigenvalue weighted by Crippen LogP contribution is 2.28. The number of amides is 1. The molecule has 0 aromatic heterocycles. The van der Waals surface area contributed by atoms with Crippen molar-refractivity contribution < 1.29 is 22.7 Å². The SMILES string of the molecule is Cc1ccccc1C(=O)OCC(=O)Nc1cc(S(=O)(=O)N(C)C)ccc1N(C)C. The highest BCUT2D eigenvalue weighted by atomic mass is 32.2. The van der Waals surface area contributed by atoms with Gasteiger partial charge >= 0.3 is 5.97 Å². The normalized spacial score (nSPS) is 11.2. The van der Waals surface area contributed by atoms with Crippen LogP contribution in [0.4, 0.5) is 11.4 Å². The fourth-order valence-electron chi connectivity index (χ4n) is 2.57. The van der Waals surface area contributed by atoms with Gasteiger partial charge in [0.15, 0.2) is 6.61 Å². The smallest absolute Gasteiger partial charge is 0.338 e. The van der Waals surface area contributed by atoms with Crippen molar-refractivity contribution in [1.29, 1.82) is 0 Å². The largest absolute Gasteiger partial charge is 0.452 e. The van der Waals surface area contributed by atoms with Gasteiger partial charge in [-0.3, -0.25) is 4.79 Å². The molecule has 0 heterocycles. The molecule has 2 aromatic carbocycles. The van der Waals surface area contributed by atoms with E-state index >= 15 is 0 Å². The van der Waals surface area contributed by atoms with Gasteiger partial charge in [-0.2, -0.15) is 0 Å². The summed E-state index contributed by atoms with van der Waals surface area (Å²) in [6, 6.07) is 11.4. The molecule has 2 rings (SSSR count). The maximum Gasteiger partial charge on any atom is 0.338 e. The third-order valence-corrected chi connectivity index (χ3v) is 6.01. The quantitative estimate of drug-likeness (QED) is 0.691. The van der Waals surface area contributed by atoms with Crippen molar-refractivity contribution in [3.63, 3.8) is 0 Å². The maximum absolute atomic E-state index is 12.4. The Balaban J connectivity index is 2.18. The number of hydrogen-bond acceptors (Lipinski definition) is 6. The molecule has 0 aliphatic carbocycles. The van der Waals surface area contributed by atoms with Gasteiger partial charge in [0.05, 0.1) is 21.8 Å². The van der Waals surface area contributed by atoms with Gasteiger partial charge in [-0.05, 0) is 36.8 Å². The van der Waals surface area contributed by atoms with E-state index in [0.29, 0.717) is 16.9 Å². The summed E-state index contributed by atoms with van der Waals surface area (Å²) in [5.74, 6) is -1.18. The summed E-state index contributed by atoms with van der Waals surface area (Å²) in [5.41, 5.74) is 2.04. The van der Waals surface area contributed by atoms with E-state index < -0.39 is 28.5 Å². The van der Waals surface area contributed by atoms with Gasteiger partial charge in [0, 0.05) is 28.2 Å². The first-order chi connectivity index (χ1) is 13.5. The van der Waals surface area contributed by atoms with Gasteiger partial charge in [0.2, 0.25) is 10.0 Å². The maximum atomic E-state index is 12.4. The van der Waals surface area contributed by atoms with Crippen molar-refractivity contribution in [1.82, 2.24) is 4.31 Å². The summed E-state index contributed by atoms with van der Waals surface area (Å²) in [5, 5.41) is 2.62. The number of rotatable bonds is 7. The van der Waals surface area contributed by atoms with Crippen LogP contribution in [-0.2, 0) is 19.6 Å². The van der Waals surface area contributed by atoms with E-state index in [2.05, 4.69) is 5.32 Å². The lowest BCUT2D eigenvalue weighted by atomic mass is 10.1. The number of carbonyl (C=O) groups is 2. The van der Waals surface area contributed by atoms with Crippen molar-refractivity contribution in [2.75, 3.05) is 45.0 Å². The van der Waals surface area contributed by atoms with Crippen LogP contribution in [0.1, 0.15) is 15.9 Å². The van der Waals surface area contributed by atoms with E-state index in [1.165, 1.54) is 26.2 Å². The summed E-state index contributed by atoms with van der Waals surface area (Å²) in [7, 11) is 2.73. The Morgan fingerprint density at radius 1 is 1.03 bits per heavy atom. The molecule has 0 spiro atoms. The number of aryl methyl sites for hydroxylation is 1. The van der Waals surface area contributed by atoms with E-state index in [9.17, 15) is 18.0 Å². The van der Waals surface area contributed by atoms with Crippen molar-refractivity contribution in [2.24, 2.45) is 0 Å². The van der Waals surface area contributed by atoms with Crippen LogP contribution in [-0.4, -0.2) is 59.4 Å². The minimum Gasteiger partial charge on any atom is -0.452 e. The molecule has 0 unspecified atom stereocenters. The summed E-state index contributed by atoms with van der Waals surface area (Å²) < 4.78 is 30.9. The minimum atomic E-state index is -3.67. The Kier molecular flexibility index (Phi) is 6.99. The summed E-state index contributed by atoms with van der Waals surface area (Å²) in [6.45, 7) is 1.28. The molecule has 29 heavy (non-hydrogen) atoms. The number of sulfonamides is 1. The van der Waals surface area contributed by atoms with Gasteiger partial charge in [0.25, 0.3) is 5.91 Å². The Hall–Kier alpha value is -2.91. The molecule has 156 valence electrons. The van der Waals surface area contributed by atoms with Crippen molar-refractivity contribution in [3.05, 3.63) is 53.6 Å². The summed E-state index contributed by atoms with van der Waals surface area (Å²) in [6.07, 6.45) is 0. The number of ether oxygens (including phenoxy) is 1. The molecule has 8 nitrogen and oxygen atoms in total. The molecule has 2 aromatic rings. The molecule has 0 saturated carbocycles. The van der Waals surface area contributed by atoms with Crippen LogP contribution >= 0.6 is 0 Å². The Labute approximate surface area is 171 Å². The van der Waals surface area contributed by atoms with Crippen LogP contribution in [0.25, 0.3) is 0 Å². The van der Waals surface area contributed by atoms with E-state index in [-0.39, 0.29) is 4.90 Å². The predicted octanol–water partition coefficient (Wildman–Crippen LogP) is 2.11. The molecule has 0 aliphatic heterocycles. The van der Waals surface area contributed by atoms with Gasteiger partial charge < -0.3 is 15.0 Å². The molecule has 0 radical (unpaired) electrons. The first kappa shape index (κ1) is 22.4. The van der Waals surface area contributed by atoms with Crippen molar-refractivity contribution >= 4 is 33.3 Å². The Morgan fingerprint density at radius 3 is 2.28 bits per heavy atom. The van der Waals surface area contributed by atoms with E-state index in [4.69, 9.17) is 4.74 Å². The van der Waals surface area contributed by atoms with E-state index in [1.807, 2.05) is 0 Å². The molecule has 0 atom stereocenters. The van der Waals surface area contributed by atoms with Crippen molar-refractivity contribution in [3.8, 4) is 0 Å². The fraction of sp³-hybridized carbons (Fsp3) is 0.300. The minimum absolute atomic E-state index is 0.0419. The number of benzene rings is 2. The second-order valence-corrected chi connectivity index (χ2v) is 8.95. The van der Waals surface area contributed by atoms with Crippen LogP contribution in [0.3, 0.4) is 0 Å². The second-order valence-electron chi connectivity index (χ2n) is 6.80. The highest BCUT2D eigenvalue weighted by molar-refractivity contribution is 7.89. The zero-order valence-corrected chi connectivity index (χ0v) is 17.9. The lowest BCUT2D eigenvalue weighted by Gasteiger charge is -2.20. The Bertz CT molecular complexity index is 1020. The average molecular weight is 420 g/mol. The molecular formula is C20H25N3O5S. The standard InChI is InChI=1S/C20H25N3O5S/c1-14-8-6-7-9-16(14)20(25)28-13-19(24)21-17-12-15(29(26,27)23(4)5)10-11-18(17)22(2)3/h6-12H,13H2,1-5H3,(H,21,24). The Morgan fingerprint density at radius 2 is 1.69 bits per heavy atom. The zero-order valence-electron chi connectivity index (χ0n) is 17.1. The predicted molar refractivity (Wildman–Crippen MR) is 112 cm³/mol. The number of carbonyl (C=O) groups excluding carboxylic acids is 2.